The van der Waals surface area contributed by atoms with E-state index in [4.69, 9.17) is 0 Å². The molecule has 1 rings (SSSR count). The van der Waals surface area contributed by atoms with Gasteiger partial charge in [0, 0.05) is 6.07 Å². The monoisotopic (exact) mass is 206 g/mol. The number of para-hydroxylation sites is 1. The van der Waals surface area contributed by atoms with Gasteiger partial charge in [0.15, 0.2) is 0 Å². The predicted molar refractivity (Wildman–Crippen MR) is 60.9 cm³/mol. The second kappa shape index (κ2) is 4.59. The van der Waals surface area contributed by atoms with Crippen LogP contribution in [0.4, 0.5) is 11.4 Å². The molecule has 0 heterocycles. The number of hydrogen-bond acceptors (Lipinski definition) is 3. The Kier molecular flexibility index (Phi) is 3.44. The zero-order valence-electron chi connectivity index (χ0n) is 9.07. The fraction of sp³-hybridized carbons (Fsp3) is 0.273. The van der Waals surface area contributed by atoms with Crippen molar-refractivity contribution in [2.75, 3.05) is 5.32 Å². The van der Waals surface area contributed by atoms with Crippen molar-refractivity contribution in [1.82, 2.24) is 0 Å². The number of allylic oxidation sites excluding steroid dienone is 1. The minimum atomic E-state index is -0.381. The van der Waals surface area contributed by atoms with E-state index in [-0.39, 0.29) is 10.6 Å². The molecule has 0 aliphatic rings. The van der Waals surface area contributed by atoms with Crippen molar-refractivity contribution in [3.63, 3.8) is 0 Å². The average molecular weight is 206 g/mol. The van der Waals surface area contributed by atoms with E-state index < -0.39 is 0 Å². The number of nitro groups is 1. The number of rotatable bonds is 3. The summed E-state index contributed by atoms with van der Waals surface area (Å²) < 4.78 is 0. The van der Waals surface area contributed by atoms with E-state index in [2.05, 4.69) is 5.32 Å². The van der Waals surface area contributed by atoms with Gasteiger partial charge in [0.25, 0.3) is 5.69 Å². The molecule has 0 saturated carbocycles. The normalized spacial score (nSPS) is 9.53. The molecule has 0 aliphatic heterocycles. The summed E-state index contributed by atoms with van der Waals surface area (Å²) in [6, 6.07) is 5.02. The summed E-state index contributed by atoms with van der Waals surface area (Å²) in [6.45, 7) is 5.70. The predicted octanol–water partition coefficient (Wildman–Crippen LogP) is 3.24. The van der Waals surface area contributed by atoms with Crippen LogP contribution in [0.5, 0.6) is 0 Å². The van der Waals surface area contributed by atoms with Crippen molar-refractivity contribution in [1.29, 1.82) is 0 Å². The standard InChI is InChI=1S/C11H14N2O2/c1-8(2)7-12-11-9(3)5-4-6-10(11)13(14)15/h4-7,12H,1-3H3. The quantitative estimate of drug-likeness (QED) is 0.610. The first-order chi connectivity index (χ1) is 7.02. The number of nitrogens with one attached hydrogen (secondary N) is 1. The molecule has 0 aliphatic carbocycles. The number of benzene rings is 1. The fourth-order valence-corrected chi connectivity index (χ4v) is 1.21. The molecule has 0 amide bonds. The highest BCUT2D eigenvalue weighted by Gasteiger charge is 2.13. The lowest BCUT2D eigenvalue weighted by molar-refractivity contribution is -0.384. The van der Waals surface area contributed by atoms with Crippen LogP contribution in [-0.4, -0.2) is 4.92 Å². The van der Waals surface area contributed by atoms with Crippen LogP contribution < -0.4 is 5.32 Å². The average Bonchev–Trinajstić information content (AvgIpc) is 2.15. The summed E-state index contributed by atoms with van der Waals surface area (Å²) >= 11 is 0. The fourth-order valence-electron chi connectivity index (χ4n) is 1.21. The zero-order valence-corrected chi connectivity index (χ0v) is 9.07. The van der Waals surface area contributed by atoms with Crippen LogP contribution in [0, 0.1) is 17.0 Å². The molecule has 0 fully saturated rings. The van der Waals surface area contributed by atoms with Gasteiger partial charge in [0.1, 0.15) is 5.69 Å². The molecule has 80 valence electrons. The molecule has 0 unspecified atom stereocenters. The number of nitro benzene ring substituents is 1. The van der Waals surface area contributed by atoms with E-state index >= 15 is 0 Å². The van der Waals surface area contributed by atoms with Gasteiger partial charge in [-0.15, -0.1) is 0 Å². The number of anilines is 1. The van der Waals surface area contributed by atoms with Crippen molar-refractivity contribution in [2.24, 2.45) is 0 Å². The molecule has 0 saturated heterocycles. The van der Waals surface area contributed by atoms with Crippen molar-refractivity contribution in [2.45, 2.75) is 20.8 Å². The second-order valence-corrected chi connectivity index (χ2v) is 3.59. The lowest BCUT2D eigenvalue weighted by atomic mass is 10.1. The molecule has 1 aromatic rings. The summed E-state index contributed by atoms with van der Waals surface area (Å²) in [7, 11) is 0. The first kappa shape index (κ1) is 11.2. The van der Waals surface area contributed by atoms with Gasteiger partial charge in [-0.2, -0.15) is 0 Å². The molecule has 0 spiro atoms. The molecule has 4 heteroatoms. The lowest BCUT2D eigenvalue weighted by Gasteiger charge is -2.06. The molecule has 0 atom stereocenters. The van der Waals surface area contributed by atoms with E-state index in [1.54, 1.807) is 12.3 Å². The van der Waals surface area contributed by atoms with Crippen LogP contribution in [0.25, 0.3) is 0 Å². The van der Waals surface area contributed by atoms with Crippen LogP contribution in [0.1, 0.15) is 19.4 Å². The smallest absolute Gasteiger partial charge is 0.292 e. The molecule has 4 nitrogen and oxygen atoms in total. The van der Waals surface area contributed by atoms with Gasteiger partial charge in [-0.25, -0.2) is 0 Å². The van der Waals surface area contributed by atoms with Crippen LogP contribution >= 0.6 is 0 Å². The SMILES string of the molecule is CC(C)=CNc1c(C)cccc1[N+](=O)[O-]. The Labute approximate surface area is 88.8 Å². The van der Waals surface area contributed by atoms with Crippen LogP contribution in [0.15, 0.2) is 30.0 Å². The Balaban J connectivity index is 3.13. The third-order valence-corrected chi connectivity index (χ3v) is 1.95. The highest BCUT2D eigenvalue weighted by molar-refractivity contribution is 5.67. The van der Waals surface area contributed by atoms with E-state index in [0.29, 0.717) is 5.69 Å². The molecule has 0 bridgehead atoms. The van der Waals surface area contributed by atoms with Crippen LogP contribution in [0.2, 0.25) is 0 Å². The van der Waals surface area contributed by atoms with E-state index in [1.807, 2.05) is 26.8 Å². The summed E-state index contributed by atoms with van der Waals surface area (Å²) in [5.74, 6) is 0. The molecular formula is C11H14N2O2. The van der Waals surface area contributed by atoms with Gasteiger partial charge >= 0.3 is 0 Å². The first-order valence-corrected chi connectivity index (χ1v) is 4.66. The lowest BCUT2D eigenvalue weighted by Crippen LogP contribution is -1.98. The third kappa shape index (κ3) is 2.80. The maximum absolute atomic E-state index is 10.8. The number of hydrogen-bond donors (Lipinski definition) is 1. The van der Waals surface area contributed by atoms with Gasteiger partial charge in [-0.3, -0.25) is 10.1 Å². The Morgan fingerprint density at radius 2 is 2.13 bits per heavy atom. The Hall–Kier alpha value is -1.84. The molecule has 15 heavy (non-hydrogen) atoms. The van der Waals surface area contributed by atoms with Gasteiger partial charge < -0.3 is 5.32 Å². The summed E-state index contributed by atoms with van der Waals surface area (Å²) in [5, 5.41) is 13.7. The van der Waals surface area contributed by atoms with Crippen LogP contribution in [0.3, 0.4) is 0 Å². The summed E-state index contributed by atoms with van der Waals surface area (Å²) in [6.07, 6.45) is 1.76. The Morgan fingerprint density at radius 1 is 1.47 bits per heavy atom. The molecule has 0 radical (unpaired) electrons. The maximum atomic E-state index is 10.8. The molecule has 1 N–H and O–H groups in total. The van der Waals surface area contributed by atoms with E-state index in [1.165, 1.54) is 6.07 Å². The van der Waals surface area contributed by atoms with Gasteiger partial charge in [-0.1, -0.05) is 17.7 Å². The number of aryl methyl sites for hydroxylation is 1. The number of nitrogens with zero attached hydrogens (tertiary/aromatic N) is 1. The van der Waals surface area contributed by atoms with Gasteiger partial charge in [0.05, 0.1) is 4.92 Å². The van der Waals surface area contributed by atoms with E-state index in [9.17, 15) is 10.1 Å². The summed E-state index contributed by atoms with van der Waals surface area (Å²) in [4.78, 5) is 10.4. The van der Waals surface area contributed by atoms with Crippen molar-refractivity contribution < 1.29 is 4.92 Å². The molecule has 0 aromatic heterocycles. The maximum Gasteiger partial charge on any atom is 0.292 e. The first-order valence-electron chi connectivity index (χ1n) is 4.66. The highest BCUT2D eigenvalue weighted by Crippen LogP contribution is 2.27. The van der Waals surface area contributed by atoms with Gasteiger partial charge in [0.2, 0.25) is 0 Å². The summed E-state index contributed by atoms with van der Waals surface area (Å²) in [5.41, 5.74) is 2.59. The van der Waals surface area contributed by atoms with Crippen molar-refractivity contribution >= 4 is 11.4 Å². The Bertz CT molecular complexity index is 407. The zero-order chi connectivity index (χ0) is 11.4. The van der Waals surface area contributed by atoms with Crippen LogP contribution in [-0.2, 0) is 0 Å². The minimum Gasteiger partial charge on any atom is -0.356 e. The molecular weight excluding hydrogens is 192 g/mol. The third-order valence-electron chi connectivity index (χ3n) is 1.95. The second-order valence-electron chi connectivity index (χ2n) is 3.59. The van der Waals surface area contributed by atoms with E-state index in [0.717, 1.165) is 11.1 Å². The van der Waals surface area contributed by atoms with Crippen molar-refractivity contribution in [3.05, 3.63) is 45.6 Å². The highest BCUT2D eigenvalue weighted by atomic mass is 16.6. The minimum absolute atomic E-state index is 0.104. The Morgan fingerprint density at radius 3 is 2.67 bits per heavy atom. The molecule has 1 aromatic carbocycles. The topological polar surface area (TPSA) is 55.2 Å². The van der Waals surface area contributed by atoms with Crippen molar-refractivity contribution in [3.8, 4) is 0 Å². The van der Waals surface area contributed by atoms with Gasteiger partial charge in [-0.05, 0) is 32.5 Å². The largest absolute Gasteiger partial charge is 0.356 e.